The predicted octanol–water partition coefficient (Wildman–Crippen LogP) is 2.48. The summed E-state index contributed by atoms with van der Waals surface area (Å²) in [5.74, 6) is -1.06. The van der Waals surface area contributed by atoms with Gasteiger partial charge in [-0.1, -0.05) is 44.2 Å². The molecule has 0 aliphatic carbocycles. The van der Waals surface area contributed by atoms with Crippen molar-refractivity contribution in [1.82, 2.24) is 5.32 Å². The Morgan fingerprint density at radius 1 is 1.14 bits per heavy atom. The van der Waals surface area contributed by atoms with Crippen molar-refractivity contribution in [3.8, 4) is 0 Å². The Bertz CT molecular complexity index is 632. The molecule has 22 heavy (non-hydrogen) atoms. The number of hydrogen-bond donors (Lipinski definition) is 1. The SMILES string of the molecule is CC(C)c1ccc([C@H](CC(=O)[O-])NC(=O)c2cccs2)cc1. The van der Waals surface area contributed by atoms with Gasteiger partial charge in [-0.3, -0.25) is 4.79 Å². The van der Waals surface area contributed by atoms with Crippen molar-refractivity contribution in [2.24, 2.45) is 0 Å². The lowest BCUT2D eigenvalue weighted by atomic mass is 9.97. The Kier molecular flexibility index (Phi) is 5.33. The number of nitrogens with one attached hydrogen (secondary N) is 1. The molecule has 0 bridgehead atoms. The molecule has 0 saturated carbocycles. The number of carbonyl (C=O) groups excluding carboxylic acids is 2. The zero-order chi connectivity index (χ0) is 16.1. The Labute approximate surface area is 133 Å². The van der Waals surface area contributed by atoms with Crippen molar-refractivity contribution < 1.29 is 14.7 Å². The first-order chi connectivity index (χ1) is 10.5. The van der Waals surface area contributed by atoms with Crippen LogP contribution in [0.15, 0.2) is 41.8 Å². The van der Waals surface area contributed by atoms with Crippen LogP contribution in [-0.4, -0.2) is 11.9 Å². The number of carboxylic acids is 1. The second-order valence-corrected chi connectivity index (χ2v) is 6.35. The zero-order valence-corrected chi connectivity index (χ0v) is 13.4. The molecule has 4 nitrogen and oxygen atoms in total. The molecule has 0 fully saturated rings. The van der Waals surface area contributed by atoms with Gasteiger partial charge in [0.15, 0.2) is 0 Å². The molecular weight excluding hydrogens is 298 g/mol. The van der Waals surface area contributed by atoms with Gasteiger partial charge in [-0.2, -0.15) is 0 Å². The normalized spacial score (nSPS) is 12.1. The molecular formula is C17H18NO3S-. The summed E-state index contributed by atoms with van der Waals surface area (Å²) >= 11 is 1.32. The molecule has 1 amide bonds. The van der Waals surface area contributed by atoms with Crippen LogP contribution in [0.2, 0.25) is 0 Å². The van der Waals surface area contributed by atoms with Gasteiger partial charge in [-0.15, -0.1) is 11.3 Å². The van der Waals surface area contributed by atoms with Gasteiger partial charge in [0.05, 0.1) is 10.9 Å². The molecule has 0 unspecified atom stereocenters. The predicted molar refractivity (Wildman–Crippen MR) is 84.7 cm³/mol. The minimum Gasteiger partial charge on any atom is -0.550 e. The number of aliphatic carboxylic acids is 1. The highest BCUT2D eigenvalue weighted by atomic mass is 32.1. The van der Waals surface area contributed by atoms with Gasteiger partial charge >= 0.3 is 0 Å². The highest BCUT2D eigenvalue weighted by Crippen LogP contribution is 2.21. The highest BCUT2D eigenvalue weighted by Gasteiger charge is 2.17. The van der Waals surface area contributed by atoms with Gasteiger partial charge in [0.25, 0.3) is 5.91 Å². The van der Waals surface area contributed by atoms with Crippen molar-refractivity contribution in [3.05, 3.63) is 57.8 Å². The average Bonchev–Trinajstić information content (AvgIpc) is 3.00. The largest absolute Gasteiger partial charge is 0.550 e. The molecule has 0 aliphatic heterocycles. The molecule has 0 spiro atoms. The minimum atomic E-state index is -1.19. The van der Waals surface area contributed by atoms with E-state index in [1.165, 1.54) is 16.9 Å². The standard InChI is InChI=1S/C17H19NO3S/c1-11(2)12-5-7-13(8-6-12)14(10-16(19)20)18-17(21)15-4-3-9-22-15/h3-9,11,14H,10H2,1-2H3,(H,18,21)(H,19,20)/p-1/t14-/m0/s1. The molecule has 2 rings (SSSR count). The Balaban J connectivity index is 2.18. The van der Waals surface area contributed by atoms with Crippen LogP contribution in [0.4, 0.5) is 0 Å². The van der Waals surface area contributed by atoms with Gasteiger partial charge in [-0.05, 0) is 28.5 Å². The highest BCUT2D eigenvalue weighted by molar-refractivity contribution is 7.12. The fourth-order valence-corrected chi connectivity index (χ4v) is 2.80. The lowest BCUT2D eigenvalue weighted by Gasteiger charge is -2.20. The first-order valence-corrected chi connectivity index (χ1v) is 7.99. The summed E-state index contributed by atoms with van der Waals surface area (Å²) < 4.78 is 0. The number of carboxylic acid groups (broad SMARTS) is 1. The summed E-state index contributed by atoms with van der Waals surface area (Å²) in [6.07, 6.45) is -0.252. The van der Waals surface area contributed by atoms with E-state index in [0.717, 1.165) is 5.56 Å². The topological polar surface area (TPSA) is 69.2 Å². The Morgan fingerprint density at radius 2 is 1.77 bits per heavy atom. The van der Waals surface area contributed by atoms with E-state index in [4.69, 9.17) is 0 Å². The number of benzene rings is 1. The van der Waals surface area contributed by atoms with E-state index in [-0.39, 0.29) is 12.3 Å². The fourth-order valence-electron chi connectivity index (χ4n) is 2.17. The third kappa shape index (κ3) is 4.18. The smallest absolute Gasteiger partial charge is 0.261 e. The van der Waals surface area contributed by atoms with E-state index in [2.05, 4.69) is 19.2 Å². The molecule has 1 aromatic carbocycles. The maximum Gasteiger partial charge on any atom is 0.261 e. The van der Waals surface area contributed by atoms with Crippen molar-refractivity contribution in [1.29, 1.82) is 0 Å². The third-order valence-electron chi connectivity index (χ3n) is 3.43. The first kappa shape index (κ1) is 16.2. The Morgan fingerprint density at radius 3 is 2.27 bits per heavy atom. The number of carbonyl (C=O) groups is 2. The Hall–Kier alpha value is -2.14. The van der Waals surface area contributed by atoms with Crippen molar-refractivity contribution in [2.75, 3.05) is 0 Å². The van der Waals surface area contributed by atoms with Crippen molar-refractivity contribution in [3.63, 3.8) is 0 Å². The second kappa shape index (κ2) is 7.22. The lowest BCUT2D eigenvalue weighted by molar-refractivity contribution is -0.306. The third-order valence-corrected chi connectivity index (χ3v) is 4.30. The monoisotopic (exact) mass is 316 g/mol. The van der Waals surface area contributed by atoms with Gasteiger partial charge < -0.3 is 15.2 Å². The number of rotatable bonds is 6. The summed E-state index contributed by atoms with van der Waals surface area (Å²) in [6.45, 7) is 4.18. The number of hydrogen-bond acceptors (Lipinski definition) is 4. The van der Waals surface area contributed by atoms with Crippen LogP contribution in [0, 0.1) is 0 Å². The van der Waals surface area contributed by atoms with E-state index in [9.17, 15) is 14.7 Å². The molecule has 5 heteroatoms. The molecule has 1 N–H and O–H groups in total. The average molecular weight is 316 g/mol. The molecule has 1 aromatic heterocycles. The van der Waals surface area contributed by atoms with E-state index in [1.807, 2.05) is 24.3 Å². The quantitative estimate of drug-likeness (QED) is 0.890. The molecule has 1 heterocycles. The van der Waals surface area contributed by atoms with Crippen LogP contribution >= 0.6 is 11.3 Å². The van der Waals surface area contributed by atoms with Gasteiger partial charge in [0.1, 0.15) is 0 Å². The first-order valence-electron chi connectivity index (χ1n) is 7.11. The van der Waals surface area contributed by atoms with E-state index >= 15 is 0 Å². The number of thiophene rings is 1. The van der Waals surface area contributed by atoms with Crippen LogP contribution in [0.1, 0.15) is 53.0 Å². The van der Waals surface area contributed by atoms with Gasteiger partial charge in [0.2, 0.25) is 0 Å². The second-order valence-electron chi connectivity index (χ2n) is 5.40. The zero-order valence-electron chi connectivity index (χ0n) is 12.5. The summed E-state index contributed by atoms with van der Waals surface area (Å²) in [7, 11) is 0. The van der Waals surface area contributed by atoms with E-state index < -0.39 is 12.0 Å². The molecule has 116 valence electrons. The lowest BCUT2D eigenvalue weighted by Crippen LogP contribution is -2.34. The van der Waals surface area contributed by atoms with Crippen LogP contribution in [0.3, 0.4) is 0 Å². The minimum absolute atomic E-state index is 0.252. The van der Waals surface area contributed by atoms with Crippen molar-refractivity contribution >= 4 is 23.2 Å². The summed E-state index contributed by atoms with van der Waals surface area (Å²) in [5.41, 5.74) is 1.93. The summed E-state index contributed by atoms with van der Waals surface area (Å²) in [6, 6.07) is 10.5. The van der Waals surface area contributed by atoms with E-state index in [0.29, 0.717) is 10.8 Å². The summed E-state index contributed by atoms with van der Waals surface area (Å²) in [5, 5.41) is 15.5. The molecule has 1 atom stereocenters. The van der Waals surface area contributed by atoms with E-state index in [1.54, 1.807) is 17.5 Å². The maximum atomic E-state index is 12.1. The van der Waals surface area contributed by atoms with Gasteiger partial charge in [0, 0.05) is 12.4 Å². The fraction of sp³-hybridized carbons (Fsp3) is 0.294. The molecule has 0 saturated heterocycles. The van der Waals surface area contributed by atoms with Crippen LogP contribution in [0.5, 0.6) is 0 Å². The van der Waals surface area contributed by atoms with Crippen LogP contribution in [-0.2, 0) is 4.79 Å². The molecule has 2 aromatic rings. The molecule has 0 radical (unpaired) electrons. The van der Waals surface area contributed by atoms with Crippen molar-refractivity contribution in [2.45, 2.75) is 32.2 Å². The molecule has 0 aliphatic rings. The number of amides is 1. The maximum absolute atomic E-state index is 12.1. The van der Waals surface area contributed by atoms with Crippen LogP contribution in [0.25, 0.3) is 0 Å². The summed E-state index contributed by atoms with van der Waals surface area (Å²) in [4.78, 5) is 23.7. The van der Waals surface area contributed by atoms with Gasteiger partial charge in [-0.25, -0.2) is 0 Å². The van der Waals surface area contributed by atoms with Crippen LogP contribution < -0.4 is 10.4 Å².